The highest BCUT2D eigenvalue weighted by molar-refractivity contribution is 6.15. The van der Waals surface area contributed by atoms with Gasteiger partial charge in [0.15, 0.2) is 0 Å². The lowest BCUT2D eigenvalue weighted by molar-refractivity contribution is 0.103. The number of aromatic amines is 1. The number of nitrogens with one attached hydrogen (secondary N) is 1. The summed E-state index contributed by atoms with van der Waals surface area (Å²) in [6.07, 6.45) is 1.33. The number of ketones is 1. The fourth-order valence-corrected chi connectivity index (χ4v) is 3.14. The van der Waals surface area contributed by atoms with Gasteiger partial charge in [-0.3, -0.25) is 9.59 Å². The van der Waals surface area contributed by atoms with Crippen molar-refractivity contribution in [3.05, 3.63) is 94.3 Å². The molecule has 0 aliphatic rings. The van der Waals surface area contributed by atoms with Gasteiger partial charge in [-0.1, -0.05) is 48.5 Å². The van der Waals surface area contributed by atoms with E-state index in [-0.39, 0.29) is 11.3 Å². The van der Waals surface area contributed by atoms with Crippen LogP contribution in [0.15, 0.2) is 71.8 Å². The van der Waals surface area contributed by atoms with Gasteiger partial charge in [-0.15, -0.1) is 0 Å². The topological polar surface area (TPSA) is 67.8 Å². The van der Waals surface area contributed by atoms with Crippen LogP contribution in [0.2, 0.25) is 0 Å². The number of aryl methyl sites for hydroxylation is 1. The van der Waals surface area contributed by atoms with E-state index < -0.39 is 0 Å². The summed E-state index contributed by atoms with van der Waals surface area (Å²) in [5.41, 5.74) is 2.63. The molecular weight excluding hydrogens is 314 g/mol. The van der Waals surface area contributed by atoms with Gasteiger partial charge in [0.25, 0.3) is 5.56 Å². The lowest BCUT2D eigenvalue weighted by atomic mass is 10.1. The van der Waals surface area contributed by atoms with Crippen molar-refractivity contribution in [2.24, 2.45) is 0 Å². The molecule has 0 unspecified atom stereocenters. The highest BCUT2D eigenvalue weighted by atomic mass is 16.1. The quantitative estimate of drug-likeness (QED) is 0.587. The predicted molar refractivity (Wildman–Crippen MR) is 96.3 cm³/mol. The van der Waals surface area contributed by atoms with Crippen molar-refractivity contribution in [3.8, 4) is 5.69 Å². The Kier molecular flexibility index (Phi) is 3.54. The number of carbonyl (C=O) groups excluding carboxylic acids is 1. The average Bonchev–Trinajstić information content (AvgIpc) is 2.96. The summed E-state index contributed by atoms with van der Waals surface area (Å²) in [7, 11) is 0. The van der Waals surface area contributed by atoms with Gasteiger partial charge in [-0.2, -0.15) is 0 Å². The Balaban J connectivity index is 2.11. The number of carbonyl (C=O) groups is 1. The van der Waals surface area contributed by atoms with Crippen molar-refractivity contribution in [2.45, 2.75) is 6.92 Å². The third-order valence-electron chi connectivity index (χ3n) is 4.26. The van der Waals surface area contributed by atoms with E-state index in [1.807, 2.05) is 60.0 Å². The van der Waals surface area contributed by atoms with E-state index >= 15 is 0 Å². The molecule has 2 heterocycles. The molecule has 5 heteroatoms. The van der Waals surface area contributed by atoms with Crippen LogP contribution in [0.3, 0.4) is 0 Å². The zero-order valence-corrected chi connectivity index (χ0v) is 13.6. The molecule has 0 radical (unpaired) electrons. The lowest BCUT2D eigenvalue weighted by Gasteiger charge is -2.11. The number of hydrogen-bond acceptors (Lipinski definition) is 3. The predicted octanol–water partition coefficient (Wildman–Crippen LogP) is 3.25. The first-order valence-corrected chi connectivity index (χ1v) is 7.92. The van der Waals surface area contributed by atoms with E-state index in [2.05, 4.69) is 9.97 Å². The summed E-state index contributed by atoms with van der Waals surface area (Å²) in [6, 6.07) is 18.5. The summed E-state index contributed by atoms with van der Waals surface area (Å²) < 4.78 is 1.81. The number of para-hydroxylation sites is 1. The lowest BCUT2D eigenvalue weighted by Crippen LogP contribution is -2.10. The maximum atomic E-state index is 13.2. The van der Waals surface area contributed by atoms with Crippen molar-refractivity contribution in [3.63, 3.8) is 0 Å². The third kappa shape index (κ3) is 2.37. The molecule has 0 aliphatic heterocycles. The van der Waals surface area contributed by atoms with E-state index in [9.17, 15) is 9.59 Å². The minimum absolute atomic E-state index is 0.166. The number of hydrogen-bond donors (Lipinski definition) is 1. The normalized spacial score (nSPS) is 10.9. The van der Waals surface area contributed by atoms with Gasteiger partial charge >= 0.3 is 0 Å². The van der Waals surface area contributed by atoms with Crippen LogP contribution < -0.4 is 5.56 Å². The molecule has 0 atom stereocenters. The van der Waals surface area contributed by atoms with Gasteiger partial charge in [-0.25, -0.2) is 4.98 Å². The summed E-state index contributed by atoms with van der Waals surface area (Å²) in [5, 5.41) is 0.436. The number of H-pyrrole nitrogens is 1. The minimum atomic E-state index is -0.251. The molecule has 0 saturated heterocycles. The van der Waals surface area contributed by atoms with Crippen LogP contribution in [-0.4, -0.2) is 20.3 Å². The zero-order chi connectivity index (χ0) is 17.4. The molecule has 0 aliphatic carbocycles. The second-order valence-corrected chi connectivity index (χ2v) is 5.76. The van der Waals surface area contributed by atoms with Crippen molar-refractivity contribution in [1.82, 2.24) is 14.5 Å². The van der Waals surface area contributed by atoms with Crippen LogP contribution >= 0.6 is 0 Å². The molecule has 4 aromatic rings. The van der Waals surface area contributed by atoms with E-state index in [0.717, 1.165) is 5.69 Å². The number of fused-ring (bicyclic) bond motifs is 1. The van der Waals surface area contributed by atoms with E-state index in [4.69, 9.17) is 0 Å². The van der Waals surface area contributed by atoms with Crippen LogP contribution in [0.4, 0.5) is 0 Å². The van der Waals surface area contributed by atoms with Crippen molar-refractivity contribution >= 4 is 16.7 Å². The molecule has 2 aromatic carbocycles. The molecule has 1 N–H and O–H groups in total. The van der Waals surface area contributed by atoms with E-state index in [1.54, 1.807) is 12.1 Å². The fraction of sp³-hybridized carbons (Fsp3) is 0.0500. The number of rotatable bonds is 3. The first-order valence-electron chi connectivity index (χ1n) is 7.92. The first-order chi connectivity index (χ1) is 12.2. The van der Waals surface area contributed by atoms with Crippen LogP contribution in [-0.2, 0) is 0 Å². The SMILES string of the molecule is Cc1c2c(=O)[nH]cnc2c(C(=O)c2ccccc2)n1-c1ccccc1. The van der Waals surface area contributed by atoms with Gasteiger partial charge in [0, 0.05) is 16.9 Å². The first kappa shape index (κ1) is 15.1. The number of nitrogens with zero attached hydrogens (tertiary/aromatic N) is 2. The molecule has 0 fully saturated rings. The van der Waals surface area contributed by atoms with Crippen molar-refractivity contribution < 1.29 is 4.79 Å². The highest BCUT2D eigenvalue weighted by Crippen LogP contribution is 2.27. The highest BCUT2D eigenvalue weighted by Gasteiger charge is 2.24. The Morgan fingerprint density at radius 3 is 2.32 bits per heavy atom. The number of benzene rings is 2. The second kappa shape index (κ2) is 5.87. The average molecular weight is 329 g/mol. The van der Waals surface area contributed by atoms with Crippen LogP contribution in [0.1, 0.15) is 21.7 Å². The molecule has 0 bridgehead atoms. The Labute approximate surface area is 143 Å². The van der Waals surface area contributed by atoms with Crippen LogP contribution in [0.25, 0.3) is 16.6 Å². The molecule has 0 spiro atoms. The summed E-state index contributed by atoms with van der Waals surface area (Å²) >= 11 is 0. The molecule has 25 heavy (non-hydrogen) atoms. The third-order valence-corrected chi connectivity index (χ3v) is 4.26. The maximum absolute atomic E-state index is 13.2. The van der Waals surface area contributed by atoms with Gasteiger partial charge < -0.3 is 9.55 Å². The van der Waals surface area contributed by atoms with Crippen LogP contribution in [0, 0.1) is 6.92 Å². The second-order valence-electron chi connectivity index (χ2n) is 5.76. The molecule has 122 valence electrons. The molecule has 5 nitrogen and oxygen atoms in total. The van der Waals surface area contributed by atoms with E-state index in [0.29, 0.717) is 27.9 Å². The molecule has 4 rings (SSSR count). The monoisotopic (exact) mass is 329 g/mol. The fourth-order valence-electron chi connectivity index (χ4n) is 3.14. The minimum Gasteiger partial charge on any atom is -0.313 e. The van der Waals surface area contributed by atoms with Gasteiger partial charge in [0.05, 0.1) is 11.7 Å². The van der Waals surface area contributed by atoms with Crippen LogP contribution in [0.5, 0.6) is 0 Å². The standard InChI is InChI=1S/C20H15N3O2/c1-13-16-17(21-12-22-20(16)25)18(19(24)14-8-4-2-5-9-14)23(13)15-10-6-3-7-11-15/h2-12H,1H3,(H,21,22,25). The van der Waals surface area contributed by atoms with Crippen molar-refractivity contribution in [1.29, 1.82) is 0 Å². The van der Waals surface area contributed by atoms with Gasteiger partial charge in [-0.05, 0) is 19.1 Å². The Morgan fingerprint density at radius 1 is 1.00 bits per heavy atom. The van der Waals surface area contributed by atoms with Gasteiger partial charge in [0.1, 0.15) is 11.2 Å². The molecule has 0 saturated carbocycles. The van der Waals surface area contributed by atoms with E-state index in [1.165, 1.54) is 6.33 Å². The smallest absolute Gasteiger partial charge is 0.260 e. The summed E-state index contributed by atoms with van der Waals surface area (Å²) in [4.78, 5) is 32.4. The molecule has 0 amide bonds. The Hall–Kier alpha value is -3.47. The Bertz CT molecular complexity index is 1130. The number of aromatic nitrogens is 3. The zero-order valence-electron chi connectivity index (χ0n) is 13.6. The molecular formula is C20H15N3O2. The summed E-state index contributed by atoms with van der Waals surface area (Å²) in [6.45, 7) is 1.83. The van der Waals surface area contributed by atoms with Gasteiger partial charge in [0.2, 0.25) is 5.78 Å². The Morgan fingerprint density at radius 2 is 1.64 bits per heavy atom. The largest absolute Gasteiger partial charge is 0.313 e. The van der Waals surface area contributed by atoms with Crippen molar-refractivity contribution in [2.75, 3.05) is 0 Å². The molecule has 2 aromatic heterocycles. The summed E-state index contributed by atoms with van der Waals surface area (Å²) in [5.74, 6) is -0.166. The maximum Gasteiger partial charge on any atom is 0.260 e.